The molecule has 0 aliphatic rings. The standard InChI is InChI=1S/C27H32F3N7O2/c1-6-24(38)32-18-9-7-10-19(15-18)33-25-21(27(28,29)30)17-31-26(35-25)34-22-12-11-20(16-23(22)39-5)37(4)14-8-13-36(2)3/h6-7,9-12,15-17H,1,8,13-14H2,2-5H3,(H,32,38)(H2,31,33,34,35). The van der Waals surface area contributed by atoms with E-state index in [0.717, 1.165) is 31.3 Å². The molecule has 0 saturated carbocycles. The fraction of sp³-hybridized carbons (Fsp3) is 0.296. The smallest absolute Gasteiger partial charge is 0.421 e. The molecule has 0 aliphatic heterocycles. The molecule has 1 aromatic heterocycles. The summed E-state index contributed by atoms with van der Waals surface area (Å²) < 4.78 is 46.7. The third-order valence-electron chi connectivity index (χ3n) is 5.64. The van der Waals surface area contributed by atoms with Crippen LogP contribution in [0.4, 0.5) is 47.7 Å². The van der Waals surface area contributed by atoms with E-state index in [-0.39, 0.29) is 11.6 Å². The molecule has 0 unspecified atom stereocenters. The summed E-state index contributed by atoms with van der Waals surface area (Å²) in [6.07, 6.45) is -1.93. The predicted octanol–water partition coefficient (Wildman–Crippen LogP) is 5.50. The van der Waals surface area contributed by atoms with Gasteiger partial charge in [0.05, 0.1) is 12.8 Å². The third kappa shape index (κ3) is 8.34. The number of ether oxygens (including phenoxy) is 1. The lowest BCUT2D eigenvalue weighted by molar-refractivity contribution is -0.137. The zero-order valence-electron chi connectivity index (χ0n) is 22.3. The summed E-state index contributed by atoms with van der Waals surface area (Å²) in [6.45, 7) is 5.18. The monoisotopic (exact) mass is 543 g/mol. The van der Waals surface area contributed by atoms with Crippen molar-refractivity contribution < 1.29 is 22.7 Å². The van der Waals surface area contributed by atoms with Gasteiger partial charge in [-0.3, -0.25) is 4.79 Å². The molecule has 0 aliphatic carbocycles. The highest BCUT2D eigenvalue weighted by Gasteiger charge is 2.35. The molecule has 12 heteroatoms. The maximum Gasteiger partial charge on any atom is 0.421 e. The van der Waals surface area contributed by atoms with Crippen molar-refractivity contribution in [3.05, 3.63) is 66.9 Å². The Morgan fingerprint density at radius 2 is 1.82 bits per heavy atom. The summed E-state index contributed by atoms with van der Waals surface area (Å²) in [7, 11) is 7.53. The van der Waals surface area contributed by atoms with Gasteiger partial charge in [0.15, 0.2) is 0 Å². The van der Waals surface area contributed by atoms with E-state index in [9.17, 15) is 18.0 Å². The van der Waals surface area contributed by atoms with Crippen LogP contribution in [0, 0.1) is 0 Å². The maximum absolute atomic E-state index is 13.7. The lowest BCUT2D eigenvalue weighted by Crippen LogP contribution is -2.23. The van der Waals surface area contributed by atoms with E-state index in [0.29, 0.717) is 23.3 Å². The number of aromatic nitrogens is 2. The molecule has 0 saturated heterocycles. The number of methoxy groups -OCH3 is 1. The first-order valence-electron chi connectivity index (χ1n) is 12.1. The Morgan fingerprint density at radius 1 is 1.08 bits per heavy atom. The molecule has 0 spiro atoms. The molecular weight excluding hydrogens is 511 g/mol. The summed E-state index contributed by atoms with van der Waals surface area (Å²) in [5, 5.41) is 8.20. The number of carbonyl (C=O) groups is 1. The molecule has 0 bridgehead atoms. The van der Waals surface area contributed by atoms with Crippen LogP contribution in [0.2, 0.25) is 0 Å². The number of alkyl halides is 3. The van der Waals surface area contributed by atoms with Crippen LogP contribution in [-0.2, 0) is 11.0 Å². The average molecular weight is 544 g/mol. The molecule has 3 rings (SSSR count). The highest BCUT2D eigenvalue weighted by atomic mass is 19.4. The van der Waals surface area contributed by atoms with Crippen LogP contribution in [0.5, 0.6) is 5.75 Å². The van der Waals surface area contributed by atoms with Gasteiger partial charge < -0.3 is 30.5 Å². The second-order valence-electron chi connectivity index (χ2n) is 8.94. The van der Waals surface area contributed by atoms with Gasteiger partial charge in [0.2, 0.25) is 11.9 Å². The number of anilines is 6. The van der Waals surface area contributed by atoms with Crippen molar-refractivity contribution in [2.75, 3.05) is 62.2 Å². The minimum absolute atomic E-state index is 0.0630. The van der Waals surface area contributed by atoms with Gasteiger partial charge in [0.1, 0.15) is 17.1 Å². The second kappa shape index (κ2) is 13.0. The molecule has 39 heavy (non-hydrogen) atoms. The molecule has 9 nitrogen and oxygen atoms in total. The Labute approximate surface area is 225 Å². The van der Waals surface area contributed by atoms with Crippen molar-refractivity contribution in [1.82, 2.24) is 14.9 Å². The maximum atomic E-state index is 13.7. The van der Waals surface area contributed by atoms with E-state index in [1.165, 1.54) is 13.2 Å². The fourth-order valence-corrected chi connectivity index (χ4v) is 3.64. The van der Waals surface area contributed by atoms with Crippen LogP contribution in [-0.4, -0.2) is 62.1 Å². The average Bonchev–Trinajstić information content (AvgIpc) is 2.88. The first kappa shape index (κ1) is 29.2. The molecule has 1 amide bonds. The van der Waals surface area contributed by atoms with Gasteiger partial charge in [-0.1, -0.05) is 12.6 Å². The summed E-state index contributed by atoms with van der Waals surface area (Å²) >= 11 is 0. The summed E-state index contributed by atoms with van der Waals surface area (Å²) in [5.41, 5.74) is 1.03. The van der Waals surface area contributed by atoms with Crippen LogP contribution < -0.4 is 25.6 Å². The Kier molecular flexibility index (Phi) is 9.72. The minimum atomic E-state index is -4.70. The third-order valence-corrected chi connectivity index (χ3v) is 5.64. The van der Waals surface area contributed by atoms with Gasteiger partial charge in [-0.2, -0.15) is 18.2 Å². The van der Waals surface area contributed by atoms with Gasteiger partial charge in [0.25, 0.3) is 0 Å². The molecule has 208 valence electrons. The molecule has 3 aromatic rings. The van der Waals surface area contributed by atoms with Gasteiger partial charge in [0, 0.05) is 42.9 Å². The van der Waals surface area contributed by atoms with Gasteiger partial charge in [-0.05, 0) is 63.5 Å². The van der Waals surface area contributed by atoms with E-state index in [2.05, 4.69) is 42.3 Å². The van der Waals surface area contributed by atoms with Gasteiger partial charge in [-0.25, -0.2) is 4.98 Å². The van der Waals surface area contributed by atoms with Crippen LogP contribution in [0.1, 0.15) is 12.0 Å². The first-order chi connectivity index (χ1) is 18.5. The number of halogens is 3. The quantitative estimate of drug-likeness (QED) is 0.258. The summed E-state index contributed by atoms with van der Waals surface area (Å²) in [4.78, 5) is 23.8. The molecule has 0 atom stereocenters. The molecule has 1 heterocycles. The van der Waals surface area contributed by atoms with Gasteiger partial charge in [-0.15, -0.1) is 0 Å². The highest BCUT2D eigenvalue weighted by Crippen LogP contribution is 2.37. The Bertz CT molecular complexity index is 1300. The minimum Gasteiger partial charge on any atom is -0.494 e. The largest absolute Gasteiger partial charge is 0.494 e. The number of benzene rings is 2. The van der Waals surface area contributed by atoms with Crippen LogP contribution in [0.15, 0.2) is 61.3 Å². The first-order valence-corrected chi connectivity index (χ1v) is 12.1. The van der Waals surface area contributed by atoms with Crippen molar-refractivity contribution in [2.24, 2.45) is 0 Å². The SMILES string of the molecule is C=CC(=O)Nc1cccc(Nc2nc(Nc3ccc(N(C)CCCN(C)C)cc3OC)ncc2C(F)(F)F)c1. The Morgan fingerprint density at radius 3 is 2.49 bits per heavy atom. The number of nitrogens with zero attached hydrogens (tertiary/aromatic N) is 4. The number of rotatable bonds is 12. The van der Waals surface area contributed by atoms with E-state index in [1.54, 1.807) is 24.3 Å². The van der Waals surface area contributed by atoms with E-state index < -0.39 is 23.5 Å². The normalized spacial score (nSPS) is 11.2. The second-order valence-corrected chi connectivity index (χ2v) is 8.94. The molecule has 0 fully saturated rings. The van der Waals surface area contributed by atoms with E-state index >= 15 is 0 Å². The summed E-state index contributed by atoms with van der Waals surface area (Å²) in [6, 6.07) is 11.7. The van der Waals surface area contributed by atoms with Crippen molar-refractivity contribution in [3.8, 4) is 5.75 Å². The Hall–Kier alpha value is -4.32. The Balaban J connectivity index is 1.86. The molecule has 2 aromatic carbocycles. The van der Waals surface area contributed by atoms with Gasteiger partial charge >= 0.3 is 6.18 Å². The topological polar surface area (TPSA) is 94.6 Å². The lowest BCUT2D eigenvalue weighted by atomic mass is 10.2. The zero-order valence-corrected chi connectivity index (χ0v) is 22.3. The van der Waals surface area contributed by atoms with Crippen molar-refractivity contribution >= 4 is 40.4 Å². The van der Waals surface area contributed by atoms with Crippen LogP contribution in [0.25, 0.3) is 0 Å². The number of amides is 1. The number of nitrogens with one attached hydrogen (secondary N) is 3. The van der Waals surface area contributed by atoms with Crippen molar-refractivity contribution in [1.29, 1.82) is 0 Å². The van der Waals surface area contributed by atoms with Crippen LogP contribution >= 0.6 is 0 Å². The molecule has 3 N–H and O–H groups in total. The predicted molar refractivity (Wildman–Crippen MR) is 148 cm³/mol. The van der Waals surface area contributed by atoms with E-state index in [1.807, 2.05) is 33.3 Å². The van der Waals surface area contributed by atoms with Crippen molar-refractivity contribution in [3.63, 3.8) is 0 Å². The zero-order chi connectivity index (χ0) is 28.6. The highest BCUT2D eigenvalue weighted by molar-refractivity contribution is 5.99. The van der Waals surface area contributed by atoms with E-state index in [4.69, 9.17) is 4.74 Å². The molecular formula is C27H32F3N7O2. The fourth-order valence-electron chi connectivity index (χ4n) is 3.64. The lowest BCUT2D eigenvalue weighted by Gasteiger charge is -2.22. The van der Waals surface area contributed by atoms with Crippen molar-refractivity contribution in [2.45, 2.75) is 12.6 Å². The molecule has 0 radical (unpaired) electrons. The summed E-state index contributed by atoms with van der Waals surface area (Å²) in [5.74, 6) is -0.484. The number of hydrogen-bond acceptors (Lipinski definition) is 8. The number of carbonyl (C=O) groups excluding carboxylic acids is 1. The van der Waals surface area contributed by atoms with Crippen LogP contribution in [0.3, 0.4) is 0 Å². The number of hydrogen-bond donors (Lipinski definition) is 3.